The highest BCUT2D eigenvalue weighted by molar-refractivity contribution is 7.22. The standard InChI is InChI=1S/C17H13ClN2O5S/c1-20(17(23)19-11-6-4-3-5-10(11)18)14-8-12-13(26-14)7-9(15(21)24-2)16(22)25-12/h3-8H,1-2H3,(H,19,23). The van der Waals surface area contributed by atoms with Gasteiger partial charge in [-0.2, -0.15) is 0 Å². The van der Waals surface area contributed by atoms with Crippen molar-refractivity contribution in [1.29, 1.82) is 0 Å². The van der Waals surface area contributed by atoms with Crippen molar-refractivity contribution in [2.24, 2.45) is 0 Å². The topological polar surface area (TPSA) is 88.8 Å². The first kappa shape index (κ1) is 18.0. The zero-order chi connectivity index (χ0) is 18.8. The highest BCUT2D eigenvalue weighted by Crippen LogP contribution is 2.32. The van der Waals surface area contributed by atoms with Gasteiger partial charge in [-0.15, -0.1) is 11.3 Å². The largest absolute Gasteiger partial charge is 0.465 e. The van der Waals surface area contributed by atoms with Gasteiger partial charge >= 0.3 is 17.6 Å². The highest BCUT2D eigenvalue weighted by atomic mass is 35.5. The number of methoxy groups -OCH3 is 1. The lowest BCUT2D eigenvalue weighted by atomic mass is 10.3. The zero-order valence-electron chi connectivity index (χ0n) is 13.7. The predicted octanol–water partition coefficient (Wildman–Crippen LogP) is 3.96. The molecule has 0 atom stereocenters. The van der Waals surface area contributed by atoms with Crippen molar-refractivity contribution in [2.75, 3.05) is 24.4 Å². The quantitative estimate of drug-likeness (QED) is 0.681. The van der Waals surface area contributed by atoms with Gasteiger partial charge in [-0.25, -0.2) is 14.4 Å². The van der Waals surface area contributed by atoms with Gasteiger partial charge in [-0.3, -0.25) is 4.90 Å². The third-order valence-corrected chi connectivity index (χ3v) is 5.04. The molecule has 1 N–H and O–H groups in total. The fourth-order valence-electron chi connectivity index (χ4n) is 2.18. The average Bonchev–Trinajstić information content (AvgIpc) is 3.04. The molecule has 1 aromatic carbocycles. The van der Waals surface area contributed by atoms with Crippen LogP contribution in [0.4, 0.5) is 15.5 Å². The van der Waals surface area contributed by atoms with Crippen molar-refractivity contribution >= 4 is 55.9 Å². The van der Waals surface area contributed by atoms with Crippen LogP contribution in [0.2, 0.25) is 5.02 Å². The molecule has 0 aliphatic carbocycles. The first-order chi connectivity index (χ1) is 12.4. The normalized spacial score (nSPS) is 10.6. The van der Waals surface area contributed by atoms with E-state index in [4.69, 9.17) is 16.0 Å². The average molecular weight is 393 g/mol. The van der Waals surface area contributed by atoms with Gasteiger partial charge < -0.3 is 14.5 Å². The van der Waals surface area contributed by atoms with E-state index < -0.39 is 17.6 Å². The molecule has 0 radical (unpaired) electrons. The number of carbonyl (C=O) groups is 2. The van der Waals surface area contributed by atoms with E-state index in [0.717, 1.165) is 0 Å². The number of hydrogen-bond donors (Lipinski definition) is 1. The van der Waals surface area contributed by atoms with Crippen LogP contribution in [-0.2, 0) is 4.74 Å². The Kier molecular flexibility index (Phi) is 4.97. The minimum Gasteiger partial charge on any atom is -0.465 e. The van der Waals surface area contributed by atoms with E-state index in [0.29, 0.717) is 20.4 Å². The molecule has 26 heavy (non-hydrogen) atoms. The zero-order valence-corrected chi connectivity index (χ0v) is 15.3. The van der Waals surface area contributed by atoms with Crippen molar-refractivity contribution in [2.45, 2.75) is 0 Å². The highest BCUT2D eigenvalue weighted by Gasteiger charge is 2.19. The molecule has 0 aliphatic heterocycles. The van der Waals surface area contributed by atoms with Gasteiger partial charge in [0.2, 0.25) is 0 Å². The summed E-state index contributed by atoms with van der Waals surface area (Å²) in [6.07, 6.45) is 0. The number of hydrogen-bond acceptors (Lipinski definition) is 6. The lowest BCUT2D eigenvalue weighted by molar-refractivity contribution is 0.0596. The van der Waals surface area contributed by atoms with Crippen LogP contribution in [0.25, 0.3) is 10.3 Å². The molecule has 0 spiro atoms. The summed E-state index contributed by atoms with van der Waals surface area (Å²) in [5, 5.41) is 3.64. The Morgan fingerprint density at radius 1 is 1.27 bits per heavy atom. The molecule has 0 fully saturated rings. The monoisotopic (exact) mass is 392 g/mol. The molecule has 0 saturated heterocycles. The van der Waals surface area contributed by atoms with Crippen LogP contribution in [0.3, 0.4) is 0 Å². The predicted molar refractivity (Wildman–Crippen MR) is 101 cm³/mol. The molecule has 3 rings (SSSR count). The fraction of sp³-hybridized carbons (Fsp3) is 0.118. The van der Waals surface area contributed by atoms with Crippen LogP contribution >= 0.6 is 22.9 Å². The second-order valence-electron chi connectivity index (χ2n) is 5.22. The van der Waals surface area contributed by atoms with Crippen LogP contribution in [0.1, 0.15) is 10.4 Å². The van der Waals surface area contributed by atoms with Crippen molar-refractivity contribution < 1.29 is 18.7 Å². The number of halogens is 1. The molecule has 3 aromatic rings. The molecule has 0 aliphatic rings. The number of rotatable bonds is 3. The van der Waals surface area contributed by atoms with Gasteiger partial charge in [-0.05, 0) is 18.2 Å². The molecule has 134 valence electrons. The van der Waals surface area contributed by atoms with E-state index in [1.165, 1.54) is 29.4 Å². The van der Waals surface area contributed by atoms with Crippen molar-refractivity contribution in [3.05, 3.63) is 57.4 Å². The number of anilines is 2. The number of amides is 2. The Bertz CT molecular complexity index is 1060. The van der Waals surface area contributed by atoms with E-state index in [1.54, 1.807) is 37.4 Å². The Morgan fingerprint density at radius 3 is 2.69 bits per heavy atom. The summed E-state index contributed by atoms with van der Waals surface area (Å²) in [7, 11) is 2.74. The minimum atomic E-state index is -0.795. The van der Waals surface area contributed by atoms with Crippen molar-refractivity contribution in [1.82, 2.24) is 0 Å². The summed E-state index contributed by atoms with van der Waals surface area (Å²) in [5.74, 6) is -0.777. The molecule has 2 heterocycles. The van der Waals surface area contributed by atoms with Gasteiger partial charge in [0.1, 0.15) is 10.6 Å². The van der Waals surface area contributed by atoms with Crippen LogP contribution < -0.4 is 15.8 Å². The SMILES string of the molecule is COC(=O)c1cc2sc(N(C)C(=O)Nc3ccccc3Cl)cc2oc1=O. The summed E-state index contributed by atoms with van der Waals surface area (Å²) >= 11 is 7.23. The van der Waals surface area contributed by atoms with E-state index in [-0.39, 0.29) is 11.1 Å². The number of carbonyl (C=O) groups excluding carboxylic acids is 2. The van der Waals surface area contributed by atoms with E-state index >= 15 is 0 Å². The molecule has 0 saturated carbocycles. The maximum absolute atomic E-state index is 12.4. The molecule has 7 nitrogen and oxygen atoms in total. The van der Waals surface area contributed by atoms with Crippen LogP contribution in [0.15, 0.2) is 45.6 Å². The third-order valence-electron chi connectivity index (χ3n) is 3.57. The first-order valence-corrected chi connectivity index (χ1v) is 8.55. The number of thiophene rings is 1. The Balaban J connectivity index is 1.90. The van der Waals surface area contributed by atoms with Crippen LogP contribution in [0.5, 0.6) is 0 Å². The molecule has 0 unspecified atom stereocenters. The molecular weight excluding hydrogens is 380 g/mol. The number of nitrogens with one attached hydrogen (secondary N) is 1. The van der Waals surface area contributed by atoms with Gasteiger partial charge in [-0.1, -0.05) is 23.7 Å². The number of esters is 1. The molecule has 2 aromatic heterocycles. The maximum Gasteiger partial charge on any atom is 0.351 e. The van der Waals surface area contributed by atoms with Gasteiger partial charge in [0.05, 0.1) is 22.5 Å². The number of ether oxygens (including phenoxy) is 1. The Hall–Kier alpha value is -2.84. The van der Waals surface area contributed by atoms with Crippen molar-refractivity contribution in [3.8, 4) is 0 Å². The molecule has 2 amide bonds. The Labute approximate surface area is 156 Å². The lowest BCUT2D eigenvalue weighted by Crippen LogP contribution is -2.30. The van der Waals surface area contributed by atoms with Gasteiger partial charge in [0, 0.05) is 13.1 Å². The number of para-hydroxylation sites is 1. The van der Waals surface area contributed by atoms with Crippen LogP contribution in [0, 0.1) is 0 Å². The molecule has 0 bridgehead atoms. The van der Waals surface area contributed by atoms with E-state index in [1.807, 2.05) is 0 Å². The second-order valence-corrected chi connectivity index (χ2v) is 6.69. The third kappa shape index (κ3) is 3.42. The number of nitrogens with zero attached hydrogens (tertiary/aromatic N) is 1. The lowest BCUT2D eigenvalue weighted by Gasteiger charge is -2.16. The smallest absolute Gasteiger partial charge is 0.351 e. The molecular formula is C17H13ClN2O5S. The fourth-order valence-corrected chi connectivity index (χ4v) is 3.35. The summed E-state index contributed by atoms with van der Waals surface area (Å²) in [4.78, 5) is 37.2. The van der Waals surface area contributed by atoms with E-state index in [9.17, 15) is 14.4 Å². The summed E-state index contributed by atoms with van der Waals surface area (Å²) in [5.41, 5.74) is -0.236. The van der Waals surface area contributed by atoms with E-state index in [2.05, 4.69) is 10.1 Å². The first-order valence-electron chi connectivity index (χ1n) is 7.36. The minimum absolute atomic E-state index is 0.198. The second kappa shape index (κ2) is 7.19. The van der Waals surface area contributed by atoms with Crippen molar-refractivity contribution in [3.63, 3.8) is 0 Å². The van der Waals surface area contributed by atoms with Gasteiger partial charge in [0.25, 0.3) is 0 Å². The number of benzene rings is 1. The van der Waals surface area contributed by atoms with Gasteiger partial charge in [0.15, 0.2) is 5.58 Å². The van der Waals surface area contributed by atoms with Crippen LogP contribution in [-0.4, -0.2) is 26.2 Å². The summed E-state index contributed by atoms with van der Waals surface area (Å²) in [6, 6.07) is 9.38. The Morgan fingerprint density at radius 2 is 2.00 bits per heavy atom. The number of fused-ring (bicyclic) bond motifs is 1. The molecule has 9 heteroatoms. The maximum atomic E-state index is 12.4. The summed E-state index contributed by atoms with van der Waals surface area (Å²) < 4.78 is 10.2. The number of urea groups is 1. The summed E-state index contributed by atoms with van der Waals surface area (Å²) in [6.45, 7) is 0.